The van der Waals surface area contributed by atoms with Crippen LogP contribution in [0.1, 0.15) is 12.0 Å². The second-order valence-electron chi connectivity index (χ2n) is 5.04. The van der Waals surface area contributed by atoms with Crippen molar-refractivity contribution in [2.45, 2.75) is 19.5 Å². The summed E-state index contributed by atoms with van der Waals surface area (Å²) in [7, 11) is 0. The summed E-state index contributed by atoms with van der Waals surface area (Å²) in [4.78, 5) is 28.9. The molecule has 0 unspecified atom stereocenters. The third-order valence-electron chi connectivity index (χ3n) is 3.41. The molecule has 1 N–H and O–H groups in total. The first-order valence-electron chi connectivity index (χ1n) is 7.07. The SMILES string of the molecule is O=C(CCn1cnc2sccc2c1=O)NCc1cccc(F)c1. The molecule has 0 fully saturated rings. The molecule has 0 bridgehead atoms. The van der Waals surface area contributed by atoms with Gasteiger partial charge in [-0.3, -0.25) is 14.2 Å². The van der Waals surface area contributed by atoms with Crippen LogP contribution < -0.4 is 10.9 Å². The first kappa shape index (κ1) is 15.4. The zero-order valence-electron chi connectivity index (χ0n) is 12.2. The average molecular weight is 331 g/mol. The lowest BCUT2D eigenvalue weighted by Gasteiger charge is -2.07. The third-order valence-corrected chi connectivity index (χ3v) is 4.23. The Bertz CT molecular complexity index is 903. The molecule has 0 radical (unpaired) electrons. The van der Waals surface area contributed by atoms with Gasteiger partial charge in [-0.2, -0.15) is 0 Å². The predicted octanol–water partition coefficient (Wildman–Crippen LogP) is 2.30. The molecule has 0 spiro atoms. The van der Waals surface area contributed by atoms with Crippen molar-refractivity contribution < 1.29 is 9.18 Å². The van der Waals surface area contributed by atoms with Crippen molar-refractivity contribution in [3.05, 3.63) is 63.8 Å². The van der Waals surface area contributed by atoms with Crippen molar-refractivity contribution in [3.8, 4) is 0 Å². The van der Waals surface area contributed by atoms with Crippen molar-refractivity contribution in [3.63, 3.8) is 0 Å². The van der Waals surface area contributed by atoms with Crippen LogP contribution in [-0.2, 0) is 17.9 Å². The van der Waals surface area contributed by atoms with Crippen LogP contribution in [0.2, 0.25) is 0 Å². The van der Waals surface area contributed by atoms with Crippen LogP contribution >= 0.6 is 11.3 Å². The highest BCUT2D eigenvalue weighted by Gasteiger charge is 2.07. The minimum absolute atomic E-state index is 0.144. The van der Waals surface area contributed by atoms with Crippen molar-refractivity contribution >= 4 is 27.5 Å². The monoisotopic (exact) mass is 331 g/mol. The maximum Gasteiger partial charge on any atom is 0.262 e. The van der Waals surface area contributed by atoms with Crippen LogP contribution in [0.3, 0.4) is 0 Å². The minimum atomic E-state index is -0.335. The molecule has 2 heterocycles. The number of nitrogens with one attached hydrogen (secondary N) is 1. The highest BCUT2D eigenvalue weighted by Crippen LogP contribution is 2.13. The highest BCUT2D eigenvalue weighted by molar-refractivity contribution is 7.16. The Morgan fingerprint density at radius 3 is 3.04 bits per heavy atom. The van der Waals surface area contributed by atoms with Gasteiger partial charge in [0.15, 0.2) is 0 Å². The van der Waals surface area contributed by atoms with Crippen LogP contribution in [0.25, 0.3) is 10.2 Å². The Labute approximate surface area is 135 Å². The summed E-state index contributed by atoms with van der Waals surface area (Å²) >= 11 is 1.41. The molecule has 23 heavy (non-hydrogen) atoms. The van der Waals surface area contributed by atoms with E-state index in [1.54, 1.807) is 18.2 Å². The lowest BCUT2D eigenvalue weighted by Crippen LogP contribution is -2.27. The van der Waals surface area contributed by atoms with Crippen LogP contribution in [0.5, 0.6) is 0 Å². The van der Waals surface area contributed by atoms with Gasteiger partial charge in [0.2, 0.25) is 5.91 Å². The molecule has 5 nitrogen and oxygen atoms in total. The van der Waals surface area contributed by atoms with Gasteiger partial charge in [-0.15, -0.1) is 11.3 Å². The number of benzene rings is 1. The zero-order valence-corrected chi connectivity index (χ0v) is 13.0. The molecule has 0 aliphatic heterocycles. The fourth-order valence-corrected chi connectivity index (χ4v) is 2.93. The van der Waals surface area contributed by atoms with E-state index >= 15 is 0 Å². The Balaban J connectivity index is 1.58. The van der Waals surface area contributed by atoms with Gasteiger partial charge in [-0.05, 0) is 29.1 Å². The van der Waals surface area contributed by atoms with Gasteiger partial charge in [-0.25, -0.2) is 9.37 Å². The molecular weight excluding hydrogens is 317 g/mol. The number of hydrogen-bond donors (Lipinski definition) is 1. The van der Waals surface area contributed by atoms with Crippen LogP contribution in [-0.4, -0.2) is 15.5 Å². The smallest absolute Gasteiger partial charge is 0.262 e. The molecule has 1 amide bonds. The van der Waals surface area contributed by atoms with E-state index < -0.39 is 0 Å². The fraction of sp³-hybridized carbons (Fsp3) is 0.188. The summed E-state index contributed by atoms with van der Waals surface area (Å²) in [5.41, 5.74) is 0.547. The van der Waals surface area contributed by atoms with E-state index in [0.29, 0.717) is 15.8 Å². The van der Waals surface area contributed by atoms with Crippen LogP contribution in [0.4, 0.5) is 4.39 Å². The van der Waals surface area contributed by atoms with Crippen molar-refractivity contribution in [2.75, 3.05) is 0 Å². The maximum atomic E-state index is 13.0. The number of nitrogens with zero attached hydrogens (tertiary/aromatic N) is 2. The van der Waals surface area contributed by atoms with Crippen LogP contribution in [0.15, 0.2) is 46.8 Å². The number of carbonyl (C=O) groups is 1. The zero-order chi connectivity index (χ0) is 16.2. The van der Waals surface area contributed by atoms with E-state index in [2.05, 4.69) is 10.3 Å². The molecule has 0 atom stereocenters. The number of fused-ring (bicyclic) bond motifs is 1. The first-order chi connectivity index (χ1) is 11.1. The summed E-state index contributed by atoms with van der Waals surface area (Å²) in [5.74, 6) is -0.537. The molecule has 0 saturated heterocycles. The number of hydrogen-bond acceptors (Lipinski definition) is 4. The number of thiophene rings is 1. The van der Waals surface area contributed by atoms with E-state index in [-0.39, 0.29) is 36.8 Å². The van der Waals surface area contributed by atoms with E-state index in [9.17, 15) is 14.0 Å². The molecule has 3 rings (SSSR count). The summed E-state index contributed by atoms with van der Waals surface area (Å²) in [6, 6.07) is 7.79. The second-order valence-corrected chi connectivity index (χ2v) is 5.93. The third kappa shape index (κ3) is 3.62. The van der Waals surface area contributed by atoms with E-state index in [4.69, 9.17) is 0 Å². The van der Waals surface area contributed by atoms with E-state index in [1.165, 1.54) is 34.4 Å². The van der Waals surface area contributed by atoms with Gasteiger partial charge >= 0.3 is 0 Å². The Kier molecular flexibility index (Phi) is 4.47. The highest BCUT2D eigenvalue weighted by atomic mass is 32.1. The quantitative estimate of drug-likeness (QED) is 0.780. The van der Waals surface area contributed by atoms with Gasteiger partial charge in [-0.1, -0.05) is 12.1 Å². The van der Waals surface area contributed by atoms with Gasteiger partial charge < -0.3 is 5.32 Å². The van der Waals surface area contributed by atoms with Gasteiger partial charge in [0.05, 0.1) is 11.7 Å². The number of aryl methyl sites for hydroxylation is 1. The Hall–Kier alpha value is -2.54. The summed E-state index contributed by atoms with van der Waals surface area (Å²) < 4.78 is 14.5. The number of halogens is 1. The Morgan fingerprint density at radius 2 is 2.22 bits per heavy atom. The van der Waals surface area contributed by atoms with E-state index in [0.717, 1.165) is 0 Å². The van der Waals surface area contributed by atoms with Gasteiger partial charge in [0.25, 0.3) is 5.56 Å². The van der Waals surface area contributed by atoms with Crippen molar-refractivity contribution in [1.29, 1.82) is 0 Å². The lowest BCUT2D eigenvalue weighted by molar-refractivity contribution is -0.121. The average Bonchev–Trinajstić information content (AvgIpc) is 3.02. The summed E-state index contributed by atoms with van der Waals surface area (Å²) in [6.45, 7) is 0.514. The molecule has 0 aliphatic rings. The minimum Gasteiger partial charge on any atom is -0.352 e. The van der Waals surface area contributed by atoms with Crippen molar-refractivity contribution in [2.24, 2.45) is 0 Å². The first-order valence-corrected chi connectivity index (χ1v) is 7.95. The normalized spacial score (nSPS) is 10.8. The number of amides is 1. The maximum absolute atomic E-state index is 13.0. The number of rotatable bonds is 5. The molecule has 0 saturated carbocycles. The molecule has 2 aromatic heterocycles. The number of aromatic nitrogens is 2. The molecule has 3 aromatic rings. The molecular formula is C16H14FN3O2S. The standard InChI is InChI=1S/C16H14FN3O2S/c17-12-3-1-2-11(8-12)9-18-14(21)4-6-20-10-19-15-13(16(20)22)5-7-23-15/h1-3,5,7-8,10H,4,6,9H2,(H,18,21). The molecule has 7 heteroatoms. The molecule has 1 aromatic carbocycles. The van der Waals surface area contributed by atoms with E-state index in [1.807, 2.05) is 5.38 Å². The fourth-order valence-electron chi connectivity index (χ4n) is 2.21. The summed E-state index contributed by atoms with van der Waals surface area (Å²) in [5, 5.41) is 5.09. The van der Waals surface area contributed by atoms with Crippen LogP contribution in [0, 0.1) is 5.82 Å². The van der Waals surface area contributed by atoms with Crippen molar-refractivity contribution in [1.82, 2.24) is 14.9 Å². The largest absolute Gasteiger partial charge is 0.352 e. The number of carbonyl (C=O) groups excluding carboxylic acids is 1. The van der Waals surface area contributed by atoms with Gasteiger partial charge in [0.1, 0.15) is 10.6 Å². The summed E-state index contributed by atoms with van der Waals surface area (Å²) in [6.07, 6.45) is 1.62. The predicted molar refractivity (Wildman–Crippen MR) is 86.7 cm³/mol. The topological polar surface area (TPSA) is 64.0 Å². The Morgan fingerprint density at radius 1 is 1.35 bits per heavy atom. The second kappa shape index (κ2) is 6.70. The molecule has 0 aliphatic carbocycles. The molecule has 118 valence electrons. The lowest BCUT2D eigenvalue weighted by atomic mass is 10.2. The van der Waals surface area contributed by atoms with Gasteiger partial charge in [0, 0.05) is 19.5 Å².